The van der Waals surface area contributed by atoms with Crippen LogP contribution >= 0.6 is 0 Å². The molecule has 28 heavy (non-hydrogen) atoms. The predicted molar refractivity (Wildman–Crippen MR) is 109 cm³/mol. The maximum absolute atomic E-state index is 12.3. The smallest absolute Gasteiger partial charge is 0.407 e. The maximum atomic E-state index is 12.3. The van der Waals surface area contributed by atoms with Crippen molar-refractivity contribution >= 4 is 11.9 Å². The number of piperidine rings is 2. The van der Waals surface area contributed by atoms with Crippen LogP contribution in [-0.2, 0) is 9.53 Å². The van der Waals surface area contributed by atoms with Crippen LogP contribution < -0.4 is 5.32 Å². The summed E-state index contributed by atoms with van der Waals surface area (Å²) in [5.41, 5.74) is 0.448. The van der Waals surface area contributed by atoms with Crippen molar-refractivity contribution in [3.05, 3.63) is 0 Å². The van der Waals surface area contributed by atoms with E-state index < -0.39 is 0 Å². The highest BCUT2D eigenvalue weighted by Crippen LogP contribution is 2.64. The van der Waals surface area contributed by atoms with Crippen molar-refractivity contribution in [1.29, 1.82) is 0 Å². The Morgan fingerprint density at radius 1 is 1.18 bits per heavy atom. The number of fused-ring (bicyclic) bond motifs is 5. The van der Waals surface area contributed by atoms with Gasteiger partial charge in [0.1, 0.15) is 11.9 Å². The van der Waals surface area contributed by atoms with Crippen LogP contribution in [0.25, 0.3) is 0 Å². The lowest BCUT2D eigenvalue weighted by Gasteiger charge is -2.62. The van der Waals surface area contributed by atoms with Gasteiger partial charge in [0.25, 0.3) is 0 Å². The molecule has 2 heterocycles. The van der Waals surface area contributed by atoms with Crippen LogP contribution in [0.1, 0.15) is 72.6 Å². The summed E-state index contributed by atoms with van der Waals surface area (Å²) in [5, 5.41) is 2.60. The average Bonchev–Trinajstić information content (AvgIpc) is 3.02. The zero-order valence-corrected chi connectivity index (χ0v) is 18.3. The largest absolute Gasteiger partial charge is 0.446 e. The molecule has 2 saturated heterocycles. The topological polar surface area (TPSA) is 58.6 Å². The fourth-order valence-electron chi connectivity index (χ4n) is 8.06. The maximum Gasteiger partial charge on any atom is 0.407 e. The van der Waals surface area contributed by atoms with E-state index in [1.165, 1.54) is 25.7 Å². The highest BCUT2D eigenvalue weighted by molar-refractivity contribution is 5.84. The van der Waals surface area contributed by atoms with Crippen molar-refractivity contribution in [1.82, 2.24) is 10.2 Å². The first kappa shape index (κ1) is 20.2. The number of hydrogen-bond donors (Lipinski definition) is 1. The van der Waals surface area contributed by atoms with E-state index in [9.17, 15) is 9.59 Å². The Hall–Kier alpha value is -1.10. The predicted octanol–water partition coefficient (Wildman–Crippen LogP) is 4.01. The summed E-state index contributed by atoms with van der Waals surface area (Å²) in [5.74, 6) is 3.05. The molecule has 4 aliphatic rings. The first-order valence-corrected chi connectivity index (χ1v) is 11.4. The fraction of sp³-hybridized carbons (Fsp3) is 0.913. The summed E-state index contributed by atoms with van der Waals surface area (Å²) in [6.45, 7) is 10.2. The standard InChI is InChI=1S/C23H38N2O3/c1-14-20(26)9-12-23(4)19-8-11-22(3)17(15(2)28-21(27)24-5)6-7-18(22)16(19)10-13-25(14)23/h14-19H,6-13H2,1-5H3,(H,24,27)/t14?,15?,16-,17+,18-,19-,22+,23+/m0/s1. The molecule has 8 atom stereocenters. The summed E-state index contributed by atoms with van der Waals surface area (Å²) >= 11 is 0. The summed E-state index contributed by atoms with van der Waals surface area (Å²) in [4.78, 5) is 26.6. The van der Waals surface area contributed by atoms with Gasteiger partial charge in [0.2, 0.25) is 0 Å². The van der Waals surface area contributed by atoms with E-state index in [-0.39, 0.29) is 29.2 Å². The van der Waals surface area contributed by atoms with Crippen LogP contribution in [0.15, 0.2) is 0 Å². The number of rotatable bonds is 2. The van der Waals surface area contributed by atoms with E-state index in [4.69, 9.17) is 4.74 Å². The zero-order valence-electron chi connectivity index (χ0n) is 18.3. The Balaban J connectivity index is 1.55. The zero-order chi connectivity index (χ0) is 20.3. The van der Waals surface area contributed by atoms with Gasteiger partial charge in [0.15, 0.2) is 0 Å². The van der Waals surface area contributed by atoms with Gasteiger partial charge in [0, 0.05) is 24.9 Å². The molecule has 2 aliphatic heterocycles. The third kappa shape index (κ3) is 2.83. The van der Waals surface area contributed by atoms with Crippen molar-refractivity contribution in [2.45, 2.75) is 90.3 Å². The van der Waals surface area contributed by atoms with E-state index in [0.29, 0.717) is 17.6 Å². The molecule has 2 saturated carbocycles. The molecule has 2 unspecified atom stereocenters. The van der Waals surface area contributed by atoms with Crippen LogP contribution in [0.5, 0.6) is 0 Å². The Bertz CT molecular complexity index is 652. The second-order valence-corrected chi connectivity index (χ2v) is 10.4. The lowest BCUT2D eigenvalue weighted by molar-refractivity contribution is -0.155. The lowest BCUT2D eigenvalue weighted by atomic mass is 9.51. The number of carbonyl (C=O) groups excluding carboxylic acids is 2. The minimum absolute atomic E-state index is 0.0329. The third-order valence-corrected chi connectivity index (χ3v) is 9.54. The van der Waals surface area contributed by atoms with E-state index in [0.717, 1.165) is 37.6 Å². The molecular weight excluding hydrogens is 352 g/mol. The van der Waals surface area contributed by atoms with Gasteiger partial charge in [-0.05, 0) is 89.0 Å². The SMILES string of the molecule is CNC(=O)OC(C)[C@H]1CC[C@H]2[C@@H]3CCN4C(C)C(=O)CC[C@]4(C)[C@H]3CC[C@]12C. The first-order chi connectivity index (χ1) is 13.2. The number of ether oxygens (including phenoxy) is 1. The quantitative estimate of drug-likeness (QED) is 0.774. The van der Waals surface area contributed by atoms with Gasteiger partial charge in [-0.2, -0.15) is 0 Å². The molecule has 0 aromatic heterocycles. The summed E-state index contributed by atoms with van der Waals surface area (Å²) in [7, 11) is 1.63. The molecule has 0 radical (unpaired) electrons. The molecule has 0 bridgehead atoms. The molecule has 5 nitrogen and oxygen atoms in total. The van der Waals surface area contributed by atoms with Gasteiger partial charge in [-0.25, -0.2) is 4.79 Å². The second-order valence-electron chi connectivity index (χ2n) is 10.4. The number of nitrogens with zero attached hydrogens (tertiary/aromatic N) is 1. The fourth-order valence-corrected chi connectivity index (χ4v) is 8.06. The normalized spacial score (nSPS) is 46.9. The van der Waals surface area contributed by atoms with Gasteiger partial charge in [-0.3, -0.25) is 9.69 Å². The van der Waals surface area contributed by atoms with Crippen molar-refractivity contribution in [3.8, 4) is 0 Å². The highest BCUT2D eigenvalue weighted by atomic mass is 16.6. The Morgan fingerprint density at radius 2 is 1.93 bits per heavy atom. The van der Waals surface area contributed by atoms with Gasteiger partial charge < -0.3 is 10.1 Å². The Labute approximate surface area is 169 Å². The summed E-state index contributed by atoms with van der Waals surface area (Å²) in [6, 6.07) is 0.0883. The molecule has 158 valence electrons. The third-order valence-electron chi connectivity index (χ3n) is 9.54. The molecule has 4 fully saturated rings. The number of ketones is 1. The summed E-state index contributed by atoms with van der Waals surface area (Å²) < 4.78 is 5.67. The monoisotopic (exact) mass is 390 g/mol. The van der Waals surface area contributed by atoms with Gasteiger partial charge in [-0.1, -0.05) is 6.92 Å². The van der Waals surface area contributed by atoms with E-state index >= 15 is 0 Å². The number of hydrogen-bond acceptors (Lipinski definition) is 4. The summed E-state index contributed by atoms with van der Waals surface area (Å²) in [6.07, 6.45) is 7.54. The van der Waals surface area contributed by atoms with E-state index in [1.807, 2.05) is 0 Å². The van der Waals surface area contributed by atoms with Crippen LogP contribution in [0.4, 0.5) is 4.79 Å². The van der Waals surface area contributed by atoms with Crippen molar-refractivity contribution in [2.75, 3.05) is 13.6 Å². The van der Waals surface area contributed by atoms with E-state index in [1.54, 1.807) is 7.05 Å². The van der Waals surface area contributed by atoms with Crippen LogP contribution in [-0.4, -0.2) is 48.1 Å². The van der Waals surface area contributed by atoms with Crippen LogP contribution in [0.3, 0.4) is 0 Å². The number of carbonyl (C=O) groups is 2. The minimum Gasteiger partial charge on any atom is -0.446 e. The molecular formula is C23H38N2O3. The lowest BCUT2D eigenvalue weighted by Crippen LogP contribution is -2.67. The molecule has 1 amide bonds. The van der Waals surface area contributed by atoms with E-state index in [2.05, 4.69) is 37.9 Å². The van der Waals surface area contributed by atoms with Crippen LogP contribution in [0.2, 0.25) is 0 Å². The first-order valence-electron chi connectivity index (χ1n) is 11.4. The van der Waals surface area contributed by atoms with Gasteiger partial charge >= 0.3 is 6.09 Å². The second kappa shape index (κ2) is 7.00. The molecule has 0 spiro atoms. The number of alkyl carbamates (subject to hydrolysis) is 1. The highest BCUT2D eigenvalue weighted by Gasteiger charge is 2.61. The number of nitrogens with one attached hydrogen (secondary N) is 1. The molecule has 1 N–H and O–H groups in total. The number of amides is 1. The van der Waals surface area contributed by atoms with Gasteiger partial charge in [0.05, 0.1) is 6.04 Å². The van der Waals surface area contributed by atoms with Crippen molar-refractivity contribution in [3.63, 3.8) is 0 Å². The molecule has 2 aliphatic carbocycles. The average molecular weight is 391 g/mol. The molecule has 5 heteroatoms. The molecule has 0 aromatic carbocycles. The van der Waals surface area contributed by atoms with Crippen molar-refractivity contribution in [2.24, 2.45) is 29.1 Å². The van der Waals surface area contributed by atoms with Crippen LogP contribution in [0, 0.1) is 29.1 Å². The van der Waals surface area contributed by atoms with Gasteiger partial charge in [-0.15, -0.1) is 0 Å². The Morgan fingerprint density at radius 3 is 2.64 bits per heavy atom. The molecule has 4 rings (SSSR count). The number of Topliss-reactive ketones (excluding diaryl/α,β-unsaturated/α-hetero) is 1. The Kier molecular flexibility index (Phi) is 5.05. The van der Waals surface area contributed by atoms with Crippen molar-refractivity contribution < 1.29 is 14.3 Å². The molecule has 0 aromatic rings. The minimum atomic E-state index is -0.310.